The number of ether oxygens (including phenoxy) is 1. The maximum atomic E-state index is 9.00. The molecule has 0 fully saturated rings. The fraction of sp³-hybridized carbons (Fsp3) is 0.364. The van der Waals surface area contributed by atoms with E-state index in [0.717, 1.165) is 15.8 Å². The molecule has 0 radical (unpaired) electrons. The summed E-state index contributed by atoms with van der Waals surface area (Å²) < 4.78 is 5.99. The first kappa shape index (κ1) is 11.1. The van der Waals surface area contributed by atoms with Crippen molar-refractivity contribution in [1.29, 1.82) is 5.26 Å². The summed E-state index contributed by atoms with van der Waals surface area (Å²) in [5.74, 6) is 0.786. The van der Waals surface area contributed by atoms with E-state index in [2.05, 4.69) is 22.0 Å². The summed E-state index contributed by atoms with van der Waals surface area (Å²) in [5.41, 5.74) is 0.492. The van der Waals surface area contributed by atoms with Gasteiger partial charge in [-0.15, -0.1) is 0 Å². The third-order valence-corrected chi connectivity index (χ3v) is 2.79. The highest BCUT2D eigenvalue weighted by atomic mass is 79.9. The number of nitrogens with zero attached hydrogens (tertiary/aromatic N) is 1. The number of hydrogen-bond donors (Lipinski definition) is 0. The van der Waals surface area contributed by atoms with Crippen LogP contribution in [0, 0.1) is 11.3 Å². The second-order valence-electron chi connectivity index (χ2n) is 3.58. The highest BCUT2D eigenvalue weighted by molar-refractivity contribution is 9.10. The quantitative estimate of drug-likeness (QED) is 0.811. The Hall–Kier alpha value is -1.01. The molecule has 74 valence electrons. The number of nitriles is 1. The van der Waals surface area contributed by atoms with Crippen LogP contribution in [0.4, 0.5) is 0 Å². The van der Waals surface area contributed by atoms with Gasteiger partial charge in [-0.1, -0.05) is 22.0 Å². The van der Waals surface area contributed by atoms with Crippen LogP contribution in [0.3, 0.4) is 0 Å². The van der Waals surface area contributed by atoms with Crippen LogP contribution in [-0.2, 0) is 5.41 Å². The summed E-state index contributed by atoms with van der Waals surface area (Å²) in [6.07, 6.45) is 0. The molecule has 0 N–H and O–H groups in total. The van der Waals surface area contributed by atoms with Gasteiger partial charge in [0.25, 0.3) is 0 Å². The average Bonchev–Trinajstić information content (AvgIpc) is 2.17. The number of halogens is 1. The number of methoxy groups -OCH3 is 1. The molecule has 0 atom stereocenters. The number of rotatable bonds is 2. The van der Waals surface area contributed by atoms with Crippen molar-refractivity contribution in [2.75, 3.05) is 7.11 Å². The van der Waals surface area contributed by atoms with E-state index in [0.29, 0.717) is 0 Å². The van der Waals surface area contributed by atoms with Gasteiger partial charge in [0.15, 0.2) is 0 Å². The molecular formula is C11H12BrNO. The second-order valence-corrected chi connectivity index (χ2v) is 4.44. The molecule has 14 heavy (non-hydrogen) atoms. The monoisotopic (exact) mass is 253 g/mol. The minimum absolute atomic E-state index is 0.481. The summed E-state index contributed by atoms with van der Waals surface area (Å²) in [5, 5.41) is 9.00. The third-order valence-electron chi connectivity index (χ3n) is 2.13. The van der Waals surface area contributed by atoms with Gasteiger partial charge in [-0.05, 0) is 31.5 Å². The zero-order chi connectivity index (χ0) is 10.8. The van der Waals surface area contributed by atoms with Crippen molar-refractivity contribution in [3.05, 3.63) is 28.2 Å². The van der Waals surface area contributed by atoms with Crippen LogP contribution >= 0.6 is 15.9 Å². The Morgan fingerprint density at radius 2 is 2.07 bits per heavy atom. The smallest absolute Gasteiger partial charge is 0.120 e. The summed E-state index contributed by atoms with van der Waals surface area (Å²) in [6, 6.07) is 7.90. The van der Waals surface area contributed by atoms with Crippen molar-refractivity contribution in [2.45, 2.75) is 19.3 Å². The van der Waals surface area contributed by atoms with Crippen LogP contribution < -0.4 is 4.74 Å². The molecular weight excluding hydrogens is 242 g/mol. The van der Waals surface area contributed by atoms with Crippen LogP contribution in [0.5, 0.6) is 5.75 Å². The van der Waals surface area contributed by atoms with Gasteiger partial charge in [0.2, 0.25) is 0 Å². The fourth-order valence-corrected chi connectivity index (χ4v) is 2.04. The Balaban J connectivity index is 3.20. The van der Waals surface area contributed by atoms with Gasteiger partial charge in [0, 0.05) is 4.47 Å². The predicted molar refractivity (Wildman–Crippen MR) is 59.3 cm³/mol. The molecule has 0 spiro atoms. The van der Waals surface area contributed by atoms with E-state index in [1.165, 1.54) is 0 Å². The van der Waals surface area contributed by atoms with Crippen LogP contribution in [0.25, 0.3) is 0 Å². The first-order chi connectivity index (χ1) is 6.51. The lowest BCUT2D eigenvalue weighted by atomic mass is 9.86. The van der Waals surface area contributed by atoms with Crippen molar-refractivity contribution in [3.63, 3.8) is 0 Å². The van der Waals surface area contributed by atoms with Gasteiger partial charge in [-0.3, -0.25) is 0 Å². The van der Waals surface area contributed by atoms with E-state index < -0.39 is 5.41 Å². The first-order valence-electron chi connectivity index (χ1n) is 4.26. The second kappa shape index (κ2) is 4.02. The van der Waals surface area contributed by atoms with Gasteiger partial charge in [0.1, 0.15) is 5.75 Å². The van der Waals surface area contributed by atoms with E-state index in [9.17, 15) is 0 Å². The minimum atomic E-state index is -0.481. The SMILES string of the molecule is COc1ccc(C(C)(C)C#N)c(Br)c1. The maximum absolute atomic E-state index is 9.00. The Labute approximate surface area is 92.6 Å². The highest BCUT2D eigenvalue weighted by Crippen LogP contribution is 2.32. The Kier molecular flexibility index (Phi) is 3.17. The topological polar surface area (TPSA) is 33.0 Å². The molecule has 0 amide bonds. The lowest BCUT2D eigenvalue weighted by molar-refractivity contribution is 0.414. The highest BCUT2D eigenvalue weighted by Gasteiger charge is 2.22. The molecule has 1 aromatic carbocycles. The number of benzene rings is 1. The van der Waals surface area contributed by atoms with E-state index in [1.807, 2.05) is 32.0 Å². The Morgan fingerprint density at radius 3 is 2.50 bits per heavy atom. The van der Waals surface area contributed by atoms with E-state index in [-0.39, 0.29) is 0 Å². The van der Waals surface area contributed by atoms with Crippen LogP contribution in [0.1, 0.15) is 19.4 Å². The molecule has 1 rings (SSSR count). The van der Waals surface area contributed by atoms with E-state index >= 15 is 0 Å². The number of hydrogen-bond acceptors (Lipinski definition) is 2. The van der Waals surface area contributed by atoms with Crippen LogP contribution in [-0.4, -0.2) is 7.11 Å². The van der Waals surface area contributed by atoms with E-state index in [4.69, 9.17) is 10.00 Å². The van der Waals surface area contributed by atoms with Crippen LogP contribution in [0.15, 0.2) is 22.7 Å². The third kappa shape index (κ3) is 2.08. The van der Waals surface area contributed by atoms with Crippen molar-refractivity contribution in [2.24, 2.45) is 0 Å². The van der Waals surface area contributed by atoms with Gasteiger partial charge < -0.3 is 4.74 Å². The summed E-state index contributed by atoms with van der Waals surface area (Å²) in [4.78, 5) is 0. The van der Waals surface area contributed by atoms with Crippen molar-refractivity contribution < 1.29 is 4.74 Å². The predicted octanol–water partition coefficient (Wildman–Crippen LogP) is 3.26. The van der Waals surface area contributed by atoms with Crippen molar-refractivity contribution in [3.8, 4) is 11.8 Å². The molecule has 0 bridgehead atoms. The molecule has 3 heteroatoms. The zero-order valence-electron chi connectivity index (χ0n) is 8.47. The minimum Gasteiger partial charge on any atom is -0.497 e. The molecule has 0 unspecified atom stereocenters. The summed E-state index contributed by atoms with van der Waals surface area (Å²) >= 11 is 3.43. The summed E-state index contributed by atoms with van der Waals surface area (Å²) in [6.45, 7) is 3.78. The molecule has 0 heterocycles. The molecule has 0 aliphatic heterocycles. The normalized spacial score (nSPS) is 10.8. The maximum Gasteiger partial charge on any atom is 0.120 e. The Bertz CT molecular complexity index is 379. The molecule has 0 aliphatic carbocycles. The zero-order valence-corrected chi connectivity index (χ0v) is 10.1. The van der Waals surface area contributed by atoms with Crippen molar-refractivity contribution in [1.82, 2.24) is 0 Å². The lowest BCUT2D eigenvalue weighted by Crippen LogP contribution is -2.14. The van der Waals surface area contributed by atoms with Gasteiger partial charge in [-0.25, -0.2) is 0 Å². The van der Waals surface area contributed by atoms with Gasteiger partial charge >= 0.3 is 0 Å². The Morgan fingerprint density at radius 1 is 1.43 bits per heavy atom. The van der Waals surface area contributed by atoms with Crippen molar-refractivity contribution >= 4 is 15.9 Å². The molecule has 0 aromatic heterocycles. The fourth-order valence-electron chi connectivity index (χ4n) is 1.19. The molecule has 1 aromatic rings. The van der Waals surface area contributed by atoms with Gasteiger partial charge in [-0.2, -0.15) is 5.26 Å². The van der Waals surface area contributed by atoms with Crippen LogP contribution in [0.2, 0.25) is 0 Å². The molecule has 2 nitrogen and oxygen atoms in total. The van der Waals surface area contributed by atoms with E-state index in [1.54, 1.807) is 7.11 Å². The molecule has 0 aliphatic rings. The average molecular weight is 254 g/mol. The molecule has 0 saturated heterocycles. The molecule has 0 saturated carbocycles. The largest absolute Gasteiger partial charge is 0.497 e. The first-order valence-corrected chi connectivity index (χ1v) is 5.06. The summed E-state index contributed by atoms with van der Waals surface area (Å²) in [7, 11) is 1.62. The van der Waals surface area contributed by atoms with Gasteiger partial charge in [0.05, 0.1) is 18.6 Å². The lowest BCUT2D eigenvalue weighted by Gasteiger charge is -2.17. The standard InChI is InChI=1S/C11H12BrNO/c1-11(2,7-13)9-5-4-8(14-3)6-10(9)12/h4-6H,1-3H3.